The number of nitrogens with one attached hydrogen (secondary N) is 2. The third-order valence-electron chi connectivity index (χ3n) is 5.02. The van der Waals surface area contributed by atoms with Crippen LogP contribution in [0.25, 0.3) is 10.8 Å². The van der Waals surface area contributed by atoms with Gasteiger partial charge in [-0.25, -0.2) is 4.79 Å². The van der Waals surface area contributed by atoms with E-state index < -0.39 is 5.97 Å². The zero-order chi connectivity index (χ0) is 23.2. The van der Waals surface area contributed by atoms with E-state index in [2.05, 4.69) is 15.8 Å². The van der Waals surface area contributed by atoms with Gasteiger partial charge in [-0.15, -0.1) is 0 Å². The summed E-state index contributed by atoms with van der Waals surface area (Å²) in [6, 6.07) is 26.7. The molecule has 5 nitrogen and oxygen atoms in total. The van der Waals surface area contributed by atoms with Gasteiger partial charge >= 0.3 is 5.97 Å². The van der Waals surface area contributed by atoms with Crippen molar-refractivity contribution in [3.8, 4) is 5.75 Å². The zero-order valence-corrected chi connectivity index (χ0v) is 19.1. The van der Waals surface area contributed by atoms with Gasteiger partial charge in [0.1, 0.15) is 5.75 Å². The second-order valence-corrected chi connectivity index (χ2v) is 8.06. The summed E-state index contributed by atoms with van der Waals surface area (Å²) < 4.78 is 5.75. The number of carbonyl (C=O) groups is 1. The van der Waals surface area contributed by atoms with Gasteiger partial charge in [-0.2, -0.15) is 5.10 Å². The van der Waals surface area contributed by atoms with Gasteiger partial charge in [0, 0.05) is 11.3 Å². The molecule has 0 aliphatic carbocycles. The number of thiocarbonyl (C=S) groups is 1. The summed E-state index contributed by atoms with van der Waals surface area (Å²) in [5, 5.41) is 9.67. The van der Waals surface area contributed by atoms with E-state index in [4.69, 9.17) is 17.0 Å². The molecule has 0 amide bonds. The van der Waals surface area contributed by atoms with Crippen LogP contribution in [-0.2, 0) is 0 Å². The molecule has 4 aromatic carbocycles. The molecule has 33 heavy (non-hydrogen) atoms. The third kappa shape index (κ3) is 5.61. The molecule has 0 saturated carbocycles. The molecule has 0 aromatic heterocycles. The summed E-state index contributed by atoms with van der Waals surface area (Å²) in [5.41, 5.74) is 7.00. The Morgan fingerprint density at radius 1 is 0.909 bits per heavy atom. The van der Waals surface area contributed by atoms with E-state index in [9.17, 15) is 4.79 Å². The normalized spacial score (nSPS) is 10.8. The van der Waals surface area contributed by atoms with E-state index in [0.29, 0.717) is 22.0 Å². The first-order valence-corrected chi connectivity index (χ1v) is 10.9. The Balaban J connectivity index is 1.57. The fourth-order valence-corrected chi connectivity index (χ4v) is 3.64. The Morgan fingerprint density at radius 3 is 2.45 bits per heavy atom. The highest BCUT2D eigenvalue weighted by atomic mass is 32.1. The molecule has 0 spiro atoms. The maximum absolute atomic E-state index is 12.8. The van der Waals surface area contributed by atoms with Crippen molar-refractivity contribution in [2.75, 3.05) is 5.32 Å². The highest BCUT2D eigenvalue weighted by Gasteiger charge is 2.13. The standard InChI is InChI=1S/C27H23N3O2S/c1-18-7-5-10-21(15-18)26(31)32-25-14-13-20-9-3-4-12-23(20)24(25)17-28-30-27(33)29-22-11-6-8-19(2)16-22/h3-17H,1-2H3,(H2,29,30,33)/b28-17-. The van der Waals surface area contributed by atoms with E-state index in [0.717, 1.165) is 27.6 Å². The van der Waals surface area contributed by atoms with Crippen molar-refractivity contribution in [1.29, 1.82) is 0 Å². The molecular formula is C27H23N3O2S. The molecule has 164 valence electrons. The minimum absolute atomic E-state index is 0.357. The molecular weight excluding hydrogens is 430 g/mol. The van der Waals surface area contributed by atoms with Gasteiger partial charge in [0.2, 0.25) is 0 Å². The first kappa shape index (κ1) is 22.2. The summed E-state index contributed by atoms with van der Waals surface area (Å²) in [6.07, 6.45) is 1.62. The zero-order valence-electron chi connectivity index (χ0n) is 18.3. The van der Waals surface area contributed by atoms with Crippen LogP contribution in [0.3, 0.4) is 0 Å². The number of nitrogens with zero attached hydrogens (tertiary/aromatic N) is 1. The van der Waals surface area contributed by atoms with Crippen molar-refractivity contribution < 1.29 is 9.53 Å². The van der Waals surface area contributed by atoms with Crippen molar-refractivity contribution in [2.45, 2.75) is 13.8 Å². The molecule has 0 bridgehead atoms. The van der Waals surface area contributed by atoms with Gasteiger partial charge in [-0.1, -0.05) is 60.2 Å². The largest absolute Gasteiger partial charge is 0.422 e. The van der Waals surface area contributed by atoms with Crippen LogP contribution >= 0.6 is 12.2 Å². The predicted octanol–water partition coefficient (Wildman–Crippen LogP) is 6.00. The van der Waals surface area contributed by atoms with E-state index in [1.54, 1.807) is 24.4 Å². The molecule has 0 atom stereocenters. The molecule has 4 aromatic rings. The molecule has 0 aliphatic heterocycles. The minimum atomic E-state index is -0.423. The average molecular weight is 454 g/mol. The van der Waals surface area contributed by atoms with Gasteiger partial charge in [0.15, 0.2) is 5.11 Å². The number of carbonyl (C=O) groups excluding carboxylic acids is 1. The number of ether oxygens (including phenoxy) is 1. The topological polar surface area (TPSA) is 62.7 Å². The first-order valence-electron chi connectivity index (χ1n) is 10.5. The van der Waals surface area contributed by atoms with Crippen molar-refractivity contribution in [3.05, 3.63) is 107 Å². The Bertz CT molecular complexity index is 1360. The number of rotatable bonds is 5. The van der Waals surface area contributed by atoms with Crippen molar-refractivity contribution >= 4 is 46.0 Å². The smallest absolute Gasteiger partial charge is 0.343 e. The van der Waals surface area contributed by atoms with E-state index in [1.165, 1.54) is 0 Å². The van der Waals surface area contributed by atoms with E-state index >= 15 is 0 Å². The van der Waals surface area contributed by atoms with Crippen molar-refractivity contribution in [3.63, 3.8) is 0 Å². The van der Waals surface area contributed by atoms with E-state index in [-0.39, 0.29) is 0 Å². The Hall–Kier alpha value is -4.03. The average Bonchev–Trinajstić information content (AvgIpc) is 2.80. The van der Waals surface area contributed by atoms with E-state index in [1.807, 2.05) is 80.6 Å². The van der Waals surface area contributed by atoms with Crippen LogP contribution in [0, 0.1) is 13.8 Å². The lowest BCUT2D eigenvalue weighted by Crippen LogP contribution is -2.23. The summed E-state index contributed by atoms with van der Waals surface area (Å²) >= 11 is 5.35. The molecule has 4 rings (SSSR count). The maximum Gasteiger partial charge on any atom is 0.343 e. The highest BCUT2D eigenvalue weighted by Crippen LogP contribution is 2.27. The predicted molar refractivity (Wildman–Crippen MR) is 138 cm³/mol. The Morgan fingerprint density at radius 2 is 1.67 bits per heavy atom. The summed E-state index contributed by atoms with van der Waals surface area (Å²) in [6.45, 7) is 3.95. The monoisotopic (exact) mass is 453 g/mol. The number of hydrazone groups is 1. The van der Waals surface area contributed by atoms with Gasteiger partial charge in [0.25, 0.3) is 0 Å². The first-order chi connectivity index (χ1) is 16.0. The number of benzene rings is 4. The lowest BCUT2D eigenvalue weighted by Gasteiger charge is -2.11. The summed E-state index contributed by atoms with van der Waals surface area (Å²) in [5.74, 6) is -0.00320. The highest BCUT2D eigenvalue weighted by molar-refractivity contribution is 7.80. The van der Waals surface area contributed by atoms with Crippen LogP contribution in [0.1, 0.15) is 27.0 Å². The van der Waals surface area contributed by atoms with Gasteiger partial charge in [0.05, 0.1) is 11.8 Å². The lowest BCUT2D eigenvalue weighted by atomic mass is 10.0. The molecule has 0 unspecified atom stereocenters. The van der Waals surface area contributed by atoms with Crippen LogP contribution in [0.15, 0.2) is 90.0 Å². The quantitative estimate of drug-likeness (QED) is 0.128. The molecule has 6 heteroatoms. The molecule has 0 aliphatic rings. The van der Waals surface area contributed by atoms with Crippen molar-refractivity contribution in [2.24, 2.45) is 5.10 Å². The number of esters is 1. The molecule has 0 saturated heterocycles. The lowest BCUT2D eigenvalue weighted by molar-refractivity contribution is 0.0734. The number of anilines is 1. The molecule has 0 heterocycles. The number of fused-ring (bicyclic) bond motifs is 1. The van der Waals surface area contributed by atoms with Crippen molar-refractivity contribution in [1.82, 2.24) is 5.43 Å². The van der Waals surface area contributed by atoms with Gasteiger partial charge in [-0.3, -0.25) is 5.43 Å². The minimum Gasteiger partial charge on any atom is -0.422 e. The van der Waals surface area contributed by atoms with Crippen LogP contribution in [0.5, 0.6) is 5.75 Å². The molecule has 2 N–H and O–H groups in total. The molecule has 0 fully saturated rings. The summed E-state index contributed by atoms with van der Waals surface area (Å²) in [7, 11) is 0. The number of hydrogen-bond donors (Lipinski definition) is 2. The third-order valence-corrected chi connectivity index (χ3v) is 5.22. The number of aryl methyl sites for hydroxylation is 2. The van der Waals surface area contributed by atoms with Crippen LogP contribution in [-0.4, -0.2) is 17.3 Å². The SMILES string of the molecule is Cc1cccc(NC(=S)N/N=C\c2c(OC(=O)c3cccc(C)c3)ccc3ccccc23)c1. The second kappa shape index (κ2) is 10.1. The Labute approximate surface area is 198 Å². The Kier molecular flexibility index (Phi) is 6.76. The van der Waals surface area contributed by atoms with Gasteiger partial charge < -0.3 is 10.1 Å². The van der Waals surface area contributed by atoms with Crippen LogP contribution in [0.4, 0.5) is 5.69 Å². The number of hydrogen-bond acceptors (Lipinski definition) is 4. The van der Waals surface area contributed by atoms with Gasteiger partial charge in [-0.05, 0) is 72.7 Å². The fraction of sp³-hybridized carbons (Fsp3) is 0.0741. The molecule has 0 radical (unpaired) electrons. The summed E-state index contributed by atoms with van der Waals surface area (Å²) in [4.78, 5) is 12.8. The van der Waals surface area contributed by atoms with Crippen LogP contribution < -0.4 is 15.5 Å². The second-order valence-electron chi connectivity index (χ2n) is 7.65. The van der Waals surface area contributed by atoms with Crippen LogP contribution in [0.2, 0.25) is 0 Å². The maximum atomic E-state index is 12.8. The fourth-order valence-electron chi connectivity index (χ4n) is 3.47.